The number of nitrogens with zero attached hydrogens (tertiary/aromatic N) is 1. The van der Waals surface area contributed by atoms with Gasteiger partial charge in [0, 0.05) is 17.3 Å². The zero-order valence-corrected chi connectivity index (χ0v) is 14.8. The summed E-state index contributed by atoms with van der Waals surface area (Å²) in [7, 11) is 0. The van der Waals surface area contributed by atoms with E-state index in [1.807, 2.05) is 18.2 Å². The number of rotatable bonds is 10. The first-order valence-electron chi connectivity index (χ1n) is 8.89. The number of aryl methyl sites for hydroxylation is 1. The lowest BCUT2D eigenvalue weighted by molar-refractivity contribution is 0.112. The molecule has 2 aromatic rings. The monoisotopic (exact) mass is 325 g/mol. The number of benzene rings is 1. The standard InChI is InChI=1S/C21H27NO2/c1-3-4-5-6-7-8-13-24-21-12-10-19(14-17(21)2)20-11-9-18(16-23)15-22-20/h9-12,14-16H,3-8,13H2,1-2H3. The Morgan fingerprint density at radius 3 is 2.50 bits per heavy atom. The number of hydrogen-bond acceptors (Lipinski definition) is 3. The summed E-state index contributed by atoms with van der Waals surface area (Å²) in [5, 5.41) is 0. The van der Waals surface area contributed by atoms with Gasteiger partial charge in [0.15, 0.2) is 6.29 Å². The van der Waals surface area contributed by atoms with Gasteiger partial charge in [0.05, 0.1) is 12.3 Å². The van der Waals surface area contributed by atoms with Gasteiger partial charge >= 0.3 is 0 Å². The molecule has 3 nitrogen and oxygen atoms in total. The lowest BCUT2D eigenvalue weighted by Crippen LogP contribution is -1.99. The second kappa shape index (κ2) is 9.86. The summed E-state index contributed by atoms with van der Waals surface area (Å²) in [5.74, 6) is 0.941. The van der Waals surface area contributed by atoms with Gasteiger partial charge in [0.2, 0.25) is 0 Å². The van der Waals surface area contributed by atoms with Gasteiger partial charge in [-0.3, -0.25) is 9.78 Å². The molecule has 0 aliphatic heterocycles. The van der Waals surface area contributed by atoms with Gasteiger partial charge in [-0.2, -0.15) is 0 Å². The molecular weight excluding hydrogens is 298 g/mol. The normalized spacial score (nSPS) is 10.6. The van der Waals surface area contributed by atoms with Crippen molar-refractivity contribution in [2.75, 3.05) is 6.61 Å². The first kappa shape index (κ1) is 18.2. The third kappa shape index (κ3) is 5.48. The van der Waals surface area contributed by atoms with Gasteiger partial charge in [-0.05, 0) is 49.2 Å². The summed E-state index contributed by atoms with van der Waals surface area (Å²) in [5.41, 5.74) is 3.61. The van der Waals surface area contributed by atoms with E-state index in [0.717, 1.165) is 41.9 Å². The van der Waals surface area contributed by atoms with Crippen molar-refractivity contribution in [1.29, 1.82) is 0 Å². The van der Waals surface area contributed by atoms with Crippen molar-refractivity contribution in [3.8, 4) is 17.0 Å². The molecule has 1 aromatic heterocycles. The molecule has 1 heterocycles. The molecule has 0 bridgehead atoms. The number of unbranched alkanes of at least 4 members (excludes halogenated alkanes) is 5. The van der Waals surface area contributed by atoms with E-state index in [1.165, 1.54) is 32.1 Å². The molecule has 1 aromatic carbocycles. The third-order valence-electron chi connectivity index (χ3n) is 4.15. The molecule has 3 heteroatoms. The maximum Gasteiger partial charge on any atom is 0.151 e. The number of aldehydes is 1. The molecule has 128 valence electrons. The average Bonchev–Trinajstić information content (AvgIpc) is 2.62. The predicted molar refractivity (Wildman–Crippen MR) is 98.7 cm³/mol. The Hall–Kier alpha value is -2.16. The predicted octanol–water partition coefficient (Wildman–Crippen LogP) is 5.61. The van der Waals surface area contributed by atoms with E-state index < -0.39 is 0 Å². The fourth-order valence-corrected chi connectivity index (χ4v) is 2.68. The molecule has 0 amide bonds. The van der Waals surface area contributed by atoms with Gasteiger partial charge in [-0.1, -0.05) is 39.0 Å². The molecule has 0 spiro atoms. The Bertz CT molecular complexity index is 635. The Labute approximate surface area is 145 Å². The van der Waals surface area contributed by atoms with E-state index in [-0.39, 0.29) is 0 Å². The van der Waals surface area contributed by atoms with Crippen molar-refractivity contribution in [2.24, 2.45) is 0 Å². The Morgan fingerprint density at radius 2 is 1.83 bits per heavy atom. The van der Waals surface area contributed by atoms with Crippen LogP contribution in [0.4, 0.5) is 0 Å². The zero-order valence-electron chi connectivity index (χ0n) is 14.8. The molecular formula is C21H27NO2. The fraction of sp³-hybridized carbons (Fsp3) is 0.429. The quantitative estimate of drug-likeness (QED) is 0.421. The highest BCUT2D eigenvalue weighted by molar-refractivity contribution is 5.75. The molecule has 0 saturated carbocycles. The van der Waals surface area contributed by atoms with Crippen LogP contribution in [-0.4, -0.2) is 17.9 Å². The molecule has 2 rings (SSSR count). The molecule has 0 aliphatic carbocycles. The number of ether oxygens (including phenoxy) is 1. The molecule has 0 unspecified atom stereocenters. The van der Waals surface area contributed by atoms with Crippen molar-refractivity contribution < 1.29 is 9.53 Å². The summed E-state index contributed by atoms with van der Waals surface area (Å²) in [4.78, 5) is 15.0. The van der Waals surface area contributed by atoms with Crippen LogP contribution < -0.4 is 4.74 Å². The number of carbonyl (C=O) groups excluding carboxylic acids is 1. The summed E-state index contributed by atoms with van der Waals surface area (Å²) in [6.07, 6.45) is 10.0. The summed E-state index contributed by atoms with van der Waals surface area (Å²) < 4.78 is 5.90. The number of aromatic nitrogens is 1. The van der Waals surface area contributed by atoms with Crippen molar-refractivity contribution in [2.45, 2.75) is 52.4 Å². The molecule has 0 N–H and O–H groups in total. The zero-order chi connectivity index (χ0) is 17.2. The first-order valence-corrected chi connectivity index (χ1v) is 8.89. The second-order valence-corrected chi connectivity index (χ2v) is 6.19. The minimum absolute atomic E-state index is 0.592. The van der Waals surface area contributed by atoms with Crippen LogP contribution in [0.3, 0.4) is 0 Å². The van der Waals surface area contributed by atoms with Crippen LogP contribution in [0.15, 0.2) is 36.5 Å². The Morgan fingerprint density at radius 1 is 1.04 bits per heavy atom. The molecule has 0 fully saturated rings. The van der Waals surface area contributed by atoms with Gasteiger partial charge < -0.3 is 4.74 Å². The molecule has 24 heavy (non-hydrogen) atoms. The van der Waals surface area contributed by atoms with Gasteiger partial charge in [0.1, 0.15) is 5.75 Å². The maximum absolute atomic E-state index is 10.7. The van der Waals surface area contributed by atoms with Crippen LogP contribution in [-0.2, 0) is 0 Å². The van der Waals surface area contributed by atoms with E-state index in [9.17, 15) is 4.79 Å². The van der Waals surface area contributed by atoms with E-state index in [0.29, 0.717) is 5.56 Å². The Balaban J connectivity index is 1.86. The lowest BCUT2D eigenvalue weighted by Gasteiger charge is -2.11. The van der Waals surface area contributed by atoms with Crippen molar-refractivity contribution in [3.63, 3.8) is 0 Å². The smallest absolute Gasteiger partial charge is 0.151 e. The van der Waals surface area contributed by atoms with Crippen LogP contribution in [0, 0.1) is 6.92 Å². The van der Waals surface area contributed by atoms with E-state index in [4.69, 9.17) is 4.74 Å². The highest BCUT2D eigenvalue weighted by Crippen LogP contribution is 2.25. The van der Waals surface area contributed by atoms with Gasteiger partial charge in [0.25, 0.3) is 0 Å². The minimum atomic E-state index is 0.592. The highest BCUT2D eigenvalue weighted by atomic mass is 16.5. The fourth-order valence-electron chi connectivity index (χ4n) is 2.68. The summed E-state index contributed by atoms with van der Waals surface area (Å²) in [6, 6.07) is 9.77. The van der Waals surface area contributed by atoms with Crippen LogP contribution in [0.5, 0.6) is 5.75 Å². The summed E-state index contributed by atoms with van der Waals surface area (Å²) in [6.45, 7) is 5.07. The maximum atomic E-state index is 10.7. The van der Waals surface area contributed by atoms with Crippen molar-refractivity contribution in [1.82, 2.24) is 4.98 Å². The highest BCUT2D eigenvalue weighted by Gasteiger charge is 2.05. The lowest BCUT2D eigenvalue weighted by atomic mass is 10.1. The minimum Gasteiger partial charge on any atom is -0.493 e. The van der Waals surface area contributed by atoms with E-state index in [1.54, 1.807) is 12.3 Å². The summed E-state index contributed by atoms with van der Waals surface area (Å²) >= 11 is 0. The van der Waals surface area contributed by atoms with E-state index in [2.05, 4.69) is 24.9 Å². The SMILES string of the molecule is CCCCCCCCOc1ccc(-c2ccc(C=O)cn2)cc1C. The topological polar surface area (TPSA) is 39.2 Å². The Kier molecular flexibility index (Phi) is 7.47. The van der Waals surface area contributed by atoms with Gasteiger partial charge in [-0.25, -0.2) is 0 Å². The second-order valence-electron chi connectivity index (χ2n) is 6.19. The number of carbonyl (C=O) groups is 1. The van der Waals surface area contributed by atoms with Crippen LogP contribution in [0.1, 0.15) is 61.4 Å². The van der Waals surface area contributed by atoms with Gasteiger partial charge in [-0.15, -0.1) is 0 Å². The molecule has 0 radical (unpaired) electrons. The number of pyridine rings is 1. The number of hydrogen-bond donors (Lipinski definition) is 0. The molecule has 0 atom stereocenters. The van der Waals surface area contributed by atoms with Crippen molar-refractivity contribution in [3.05, 3.63) is 47.7 Å². The largest absolute Gasteiger partial charge is 0.493 e. The average molecular weight is 325 g/mol. The van der Waals surface area contributed by atoms with Crippen LogP contribution in [0.2, 0.25) is 0 Å². The van der Waals surface area contributed by atoms with Crippen LogP contribution >= 0.6 is 0 Å². The van der Waals surface area contributed by atoms with Crippen molar-refractivity contribution >= 4 is 6.29 Å². The molecule has 0 saturated heterocycles. The first-order chi connectivity index (χ1) is 11.7. The van der Waals surface area contributed by atoms with E-state index >= 15 is 0 Å². The molecule has 0 aliphatic rings. The third-order valence-corrected chi connectivity index (χ3v) is 4.15. The van der Waals surface area contributed by atoms with Crippen LogP contribution in [0.25, 0.3) is 11.3 Å².